The molecule has 20 heavy (non-hydrogen) atoms. The van der Waals surface area contributed by atoms with Gasteiger partial charge in [0.25, 0.3) is 5.91 Å². The molecule has 1 amide bonds. The second kappa shape index (κ2) is 6.01. The van der Waals surface area contributed by atoms with E-state index in [1.54, 1.807) is 6.07 Å². The number of amides is 1. The fourth-order valence-corrected chi connectivity index (χ4v) is 2.18. The minimum atomic E-state index is -3.44. The molecule has 0 atom stereocenters. The van der Waals surface area contributed by atoms with E-state index in [4.69, 9.17) is 11.6 Å². The number of hydrogen-bond acceptors (Lipinski definition) is 3. The lowest BCUT2D eigenvalue weighted by atomic mass is 9.97. The number of carbonyl (C=O) groups is 1. The molecular formula is C13H19ClN2O3S. The zero-order valence-corrected chi connectivity index (χ0v) is 13.5. The van der Waals surface area contributed by atoms with Crippen LogP contribution in [-0.4, -0.2) is 27.1 Å². The molecule has 1 rings (SSSR count). The van der Waals surface area contributed by atoms with Crippen molar-refractivity contribution < 1.29 is 13.2 Å². The zero-order chi connectivity index (χ0) is 15.6. The van der Waals surface area contributed by atoms with E-state index in [0.717, 1.165) is 6.26 Å². The van der Waals surface area contributed by atoms with Crippen molar-refractivity contribution in [3.63, 3.8) is 0 Å². The van der Waals surface area contributed by atoms with Crippen molar-refractivity contribution in [2.24, 2.45) is 5.41 Å². The number of anilines is 1. The third-order valence-corrected chi connectivity index (χ3v) is 3.22. The van der Waals surface area contributed by atoms with Crippen LogP contribution in [0.3, 0.4) is 0 Å². The first-order valence-corrected chi connectivity index (χ1v) is 8.30. The van der Waals surface area contributed by atoms with Crippen molar-refractivity contribution in [2.75, 3.05) is 17.5 Å². The van der Waals surface area contributed by atoms with Crippen LogP contribution in [0.5, 0.6) is 0 Å². The number of halogens is 1. The summed E-state index contributed by atoms with van der Waals surface area (Å²) in [7, 11) is -3.44. The standard InChI is InChI=1S/C13H19ClN2O3S/c1-13(2,3)8-15-12(17)9-5-6-10(14)11(7-9)16-20(4,18)19/h5-7,16H,8H2,1-4H3,(H,15,17). The summed E-state index contributed by atoms with van der Waals surface area (Å²) >= 11 is 5.90. The van der Waals surface area contributed by atoms with Gasteiger partial charge in [-0.05, 0) is 23.6 Å². The van der Waals surface area contributed by atoms with Gasteiger partial charge in [-0.3, -0.25) is 9.52 Å². The maximum Gasteiger partial charge on any atom is 0.251 e. The molecule has 0 spiro atoms. The highest BCUT2D eigenvalue weighted by atomic mass is 35.5. The van der Waals surface area contributed by atoms with Gasteiger partial charge in [-0.2, -0.15) is 0 Å². The van der Waals surface area contributed by atoms with E-state index in [1.165, 1.54) is 12.1 Å². The molecule has 0 aliphatic heterocycles. The van der Waals surface area contributed by atoms with Gasteiger partial charge in [-0.25, -0.2) is 8.42 Å². The highest BCUT2D eigenvalue weighted by molar-refractivity contribution is 7.92. The van der Waals surface area contributed by atoms with Crippen LogP contribution < -0.4 is 10.0 Å². The first-order valence-electron chi connectivity index (χ1n) is 6.03. The molecule has 2 N–H and O–H groups in total. The predicted octanol–water partition coefficient (Wildman–Crippen LogP) is 2.49. The molecule has 0 heterocycles. The molecule has 0 unspecified atom stereocenters. The molecule has 0 saturated heterocycles. The molecule has 1 aromatic rings. The molecule has 0 bridgehead atoms. The fraction of sp³-hybridized carbons (Fsp3) is 0.462. The molecule has 5 nitrogen and oxygen atoms in total. The van der Waals surface area contributed by atoms with E-state index in [2.05, 4.69) is 10.0 Å². The van der Waals surface area contributed by atoms with Crippen LogP contribution in [0, 0.1) is 5.41 Å². The normalized spacial score (nSPS) is 12.1. The zero-order valence-electron chi connectivity index (χ0n) is 12.0. The van der Waals surface area contributed by atoms with Gasteiger partial charge in [-0.15, -0.1) is 0 Å². The Morgan fingerprint density at radius 3 is 2.40 bits per heavy atom. The topological polar surface area (TPSA) is 75.3 Å². The van der Waals surface area contributed by atoms with Gasteiger partial charge >= 0.3 is 0 Å². The molecular weight excluding hydrogens is 300 g/mol. The van der Waals surface area contributed by atoms with Gasteiger partial charge in [0.1, 0.15) is 0 Å². The minimum Gasteiger partial charge on any atom is -0.352 e. The Bertz CT molecular complexity index is 607. The summed E-state index contributed by atoms with van der Waals surface area (Å²) in [4.78, 5) is 12.0. The van der Waals surface area contributed by atoms with E-state index in [1.807, 2.05) is 20.8 Å². The van der Waals surface area contributed by atoms with Crippen LogP contribution in [0.2, 0.25) is 5.02 Å². The molecule has 0 saturated carbocycles. The van der Waals surface area contributed by atoms with Gasteiger partial charge < -0.3 is 5.32 Å². The summed E-state index contributed by atoms with van der Waals surface area (Å²) in [5.74, 6) is -0.270. The summed E-state index contributed by atoms with van der Waals surface area (Å²) in [6.45, 7) is 6.53. The highest BCUT2D eigenvalue weighted by Crippen LogP contribution is 2.24. The molecule has 0 fully saturated rings. The van der Waals surface area contributed by atoms with Crippen LogP contribution >= 0.6 is 11.6 Å². The van der Waals surface area contributed by atoms with E-state index in [-0.39, 0.29) is 22.0 Å². The molecule has 1 aromatic carbocycles. The molecule has 7 heteroatoms. The molecule has 0 aliphatic rings. The lowest BCUT2D eigenvalue weighted by molar-refractivity contribution is 0.0939. The second-order valence-corrected chi connectivity index (χ2v) is 7.97. The van der Waals surface area contributed by atoms with Crippen LogP contribution in [0.1, 0.15) is 31.1 Å². The van der Waals surface area contributed by atoms with Crippen molar-refractivity contribution in [3.8, 4) is 0 Å². The summed E-state index contributed by atoms with van der Waals surface area (Å²) in [6.07, 6.45) is 1.02. The lowest BCUT2D eigenvalue weighted by Crippen LogP contribution is -2.32. The Kier molecular flexibility index (Phi) is 5.05. The number of carbonyl (C=O) groups excluding carboxylic acids is 1. The van der Waals surface area contributed by atoms with E-state index in [9.17, 15) is 13.2 Å². The van der Waals surface area contributed by atoms with E-state index in [0.29, 0.717) is 12.1 Å². The van der Waals surface area contributed by atoms with Crippen molar-refractivity contribution in [3.05, 3.63) is 28.8 Å². The third-order valence-electron chi connectivity index (χ3n) is 2.30. The lowest BCUT2D eigenvalue weighted by Gasteiger charge is -2.19. The van der Waals surface area contributed by atoms with Crippen LogP contribution in [-0.2, 0) is 10.0 Å². The Balaban J connectivity index is 2.92. The van der Waals surface area contributed by atoms with E-state index >= 15 is 0 Å². The summed E-state index contributed by atoms with van der Waals surface area (Å²) in [6, 6.07) is 4.45. The average Bonchev–Trinajstić information content (AvgIpc) is 2.26. The van der Waals surface area contributed by atoms with Crippen molar-refractivity contribution in [2.45, 2.75) is 20.8 Å². The maximum atomic E-state index is 12.0. The second-order valence-electron chi connectivity index (χ2n) is 5.81. The number of hydrogen-bond donors (Lipinski definition) is 2. The molecule has 0 aromatic heterocycles. The first kappa shape index (κ1) is 16.8. The van der Waals surface area contributed by atoms with E-state index < -0.39 is 10.0 Å². The largest absolute Gasteiger partial charge is 0.352 e. The average molecular weight is 319 g/mol. The Hall–Kier alpha value is -1.27. The number of rotatable bonds is 4. The maximum absolute atomic E-state index is 12.0. The molecule has 0 aliphatic carbocycles. The van der Waals surface area contributed by atoms with Gasteiger partial charge in [0, 0.05) is 12.1 Å². The summed E-state index contributed by atoms with van der Waals surface area (Å²) < 4.78 is 24.7. The van der Waals surface area contributed by atoms with Gasteiger partial charge in [0.15, 0.2) is 0 Å². The van der Waals surface area contributed by atoms with Crippen LogP contribution in [0.4, 0.5) is 5.69 Å². The minimum absolute atomic E-state index is 0.0318. The number of benzene rings is 1. The molecule has 0 radical (unpaired) electrons. The van der Waals surface area contributed by atoms with Crippen LogP contribution in [0.15, 0.2) is 18.2 Å². The quantitative estimate of drug-likeness (QED) is 0.895. The van der Waals surface area contributed by atoms with Gasteiger partial charge in [0.2, 0.25) is 10.0 Å². The fourth-order valence-electron chi connectivity index (χ4n) is 1.39. The van der Waals surface area contributed by atoms with Gasteiger partial charge in [-0.1, -0.05) is 32.4 Å². The van der Waals surface area contributed by atoms with Crippen molar-refractivity contribution in [1.29, 1.82) is 0 Å². The monoisotopic (exact) mass is 318 g/mol. The number of sulfonamides is 1. The van der Waals surface area contributed by atoms with Gasteiger partial charge in [0.05, 0.1) is 17.0 Å². The predicted molar refractivity (Wildman–Crippen MR) is 81.7 cm³/mol. The first-order chi connectivity index (χ1) is 8.98. The Labute approximate surface area is 124 Å². The highest BCUT2D eigenvalue weighted by Gasteiger charge is 2.15. The van der Waals surface area contributed by atoms with Crippen molar-refractivity contribution >= 4 is 33.2 Å². The number of nitrogens with one attached hydrogen (secondary N) is 2. The summed E-state index contributed by atoms with van der Waals surface area (Å²) in [5.41, 5.74) is 0.512. The van der Waals surface area contributed by atoms with Crippen molar-refractivity contribution in [1.82, 2.24) is 5.32 Å². The van der Waals surface area contributed by atoms with Crippen LogP contribution in [0.25, 0.3) is 0 Å². The Morgan fingerprint density at radius 1 is 1.30 bits per heavy atom. The Morgan fingerprint density at radius 2 is 1.90 bits per heavy atom. The summed E-state index contributed by atoms with van der Waals surface area (Å²) in [5, 5.41) is 3.03. The SMILES string of the molecule is CC(C)(C)CNC(=O)c1ccc(Cl)c(NS(C)(=O)=O)c1. The smallest absolute Gasteiger partial charge is 0.251 e. The molecule has 112 valence electrons. The third kappa shape index (κ3) is 5.79.